The summed E-state index contributed by atoms with van der Waals surface area (Å²) in [6.07, 6.45) is 0. The lowest BCUT2D eigenvalue weighted by molar-refractivity contribution is 0.197. The Balaban J connectivity index is 0.00000180. The summed E-state index contributed by atoms with van der Waals surface area (Å²) >= 11 is 12.2. The van der Waals surface area contributed by atoms with Gasteiger partial charge >= 0.3 is 0 Å². The van der Waals surface area contributed by atoms with Gasteiger partial charge in [-0.1, -0.05) is 23.2 Å². The minimum atomic E-state index is 0. The quantitative estimate of drug-likeness (QED) is 0.923. The molecule has 1 unspecified atom stereocenters. The Labute approximate surface area is 130 Å². The zero-order valence-corrected chi connectivity index (χ0v) is 13.4. The van der Waals surface area contributed by atoms with Crippen LogP contribution in [-0.4, -0.2) is 37.7 Å². The van der Waals surface area contributed by atoms with E-state index in [2.05, 4.69) is 17.1 Å². The van der Waals surface area contributed by atoms with Crippen LogP contribution in [0.2, 0.25) is 10.0 Å². The molecule has 1 atom stereocenters. The highest BCUT2D eigenvalue weighted by molar-refractivity contribution is 6.35. The average molecular weight is 326 g/mol. The van der Waals surface area contributed by atoms with Gasteiger partial charge in [0.1, 0.15) is 5.75 Å². The molecule has 3 nitrogen and oxygen atoms in total. The lowest BCUT2D eigenvalue weighted by Crippen LogP contribution is -2.48. The van der Waals surface area contributed by atoms with Crippen LogP contribution in [0.5, 0.6) is 5.75 Å². The molecule has 6 heteroatoms. The number of ether oxygens (including phenoxy) is 1. The van der Waals surface area contributed by atoms with Gasteiger partial charge in [0.05, 0.1) is 12.1 Å². The first-order valence-electron chi connectivity index (χ1n) is 6.08. The maximum Gasteiger partial charge on any atom is 0.142 e. The normalized spacial score (nSPS) is 19.9. The molecule has 1 heterocycles. The highest BCUT2D eigenvalue weighted by Gasteiger charge is 2.18. The van der Waals surface area contributed by atoms with Crippen molar-refractivity contribution in [1.29, 1.82) is 0 Å². The zero-order chi connectivity index (χ0) is 13.1. The Kier molecular flexibility index (Phi) is 6.71. The van der Waals surface area contributed by atoms with Crippen molar-refractivity contribution in [1.82, 2.24) is 10.2 Å². The summed E-state index contributed by atoms with van der Waals surface area (Å²) in [4.78, 5) is 2.38. The number of piperazine rings is 1. The van der Waals surface area contributed by atoms with Gasteiger partial charge < -0.3 is 10.1 Å². The summed E-state index contributed by atoms with van der Waals surface area (Å²) < 4.78 is 5.37. The van der Waals surface area contributed by atoms with E-state index in [1.807, 2.05) is 6.07 Å². The van der Waals surface area contributed by atoms with E-state index in [4.69, 9.17) is 27.9 Å². The van der Waals surface area contributed by atoms with Crippen LogP contribution in [-0.2, 0) is 6.54 Å². The molecule has 0 saturated carbocycles. The molecule has 0 spiro atoms. The van der Waals surface area contributed by atoms with Gasteiger partial charge in [0.25, 0.3) is 0 Å². The van der Waals surface area contributed by atoms with E-state index >= 15 is 0 Å². The average Bonchev–Trinajstić information content (AvgIpc) is 2.28. The number of nitrogens with zero attached hydrogens (tertiary/aromatic N) is 1. The van der Waals surface area contributed by atoms with Crippen molar-refractivity contribution in [2.45, 2.75) is 19.5 Å². The molecular weight excluding hydrogens is 307 g/mol. The SMILES string of the molecule is COc1c(Cl)cc(Cl)cc1CN1CCNC(C)C1.Cl. The van der Waals surface area contributed by atoms with E-state index < -0.39 is 0 Å². The highest BCUT2D eigenvalue weighted by Crippen LogP contribution is 2.33. The molecule has 1 aromatic carbocycles. The summed E-state index contributed by atoms with van der Waals surface area (Å²) in [5, 5.41) is 4.65. The maximum absolute atomic E-state index is 6.14. The molecule has 0 amide bonds. The molecule has 1 aliphatic rings. The fourth-order valence-corrected chi connectivity index (χ4v) is 2.97. The number of benzene rings is 1. The summed E-state index contributed by atoms with van der Waals surface area (Å²) in [5.74, 6) is 0.729. The Morgan fingerprint density at radius 1 is 1.42 bits per heavy atom. The van der Waals surface area contributed by atoms with E-state index in [0.29, 0.717) is 16.1 Å². The Bertz CT molecular complexity index is 429. The number of hydrogen-bond donors (Lipinski definition) is 1. The van der Waals surface area contributed by atoms with Crippen LogP contribution in [0.4, 0.5) is 0 Å². The van der Waals surface area contributed by atoms with Crippen molar-refractivity contribution < 1.29 is 4.74 Å². The van der Waals surface area contributed by atoms with Gasteiger partial charge in [-0.15, -0.1) is 12.4 Å². The number of methoxy groups -OCH3 is 1. The second-order valence-electron chi connectivity index (χ2n) is 4.67. The molecule has 19 heavy (non-hydrogen) atoms. The summed E-state index contributed by atoms with van der Waals surface area (Å²) in [5.41, 5.74) is 1.05. The molecule has 0 aromatic heterocycles. The third kappa shape index (κ3) is 4.40. The van der Waals surface area contributed by atoms with E-state index in [1.165, 1.54) is 0 Å². The van der Waals surface area contributed by atoms with Gasteiger partial charge in [-0.2, -0.15) is 0 Å². The summed E-state index contributed by atoms with van der Waals surface area (Å²) in [7, 11) is 1.64. The van der Waals surface area contributed by atoms with E-state index in [9.17, 15) is 0 Å². The van der Waals surface area contributed by atoms with Crippen LogP contribution in [0.15, 0.2) is 12.1 Å². The summed E-state index contributed by atoms with van der Waals surface area (Å²) in [6, 6.07) is 4.16. The molecule has 1 saturated heterocycles. The monoisotopic (exact) mass is 324 g/mol. The fraction of sp³-hybridized carbons (Fsp3) is 0.538. The van der Waals surface area contributed by atoms with E-state index in [1.54, 1.807) is 13.2 Å². The van der Waals surface area contributed by atoms with Crippen LogP contribution in [0.1, 0.15) is 12.5 Å². The molecule has 0 bridgehead atoms. The standard InChI is InChI=1S/C13H18Cl2N2O.ClH/c1-9-7-17(4-3-16-9)8-10-5-11(14)6-12(15)13(10)18-2;/h5-6,9,16H,3-4,7-8H2,1-2H3;1H. The largest absolute Gasteiger partial charge is 0.495 e. The molecule has 1 aromatic rings. The first kappa shape index (κ1) is 16.9. The predicted molar refractivity (Wildman–Crippen MR) is 83.0 cm³/mol. The van der Waals surface area contributed by atoms with Crippen LogP contribution in [0, 0.1) is 0 Å². The van der Waals surface area contributed by atoms with Gasteiger partial charge in [-0.3, -0.25) is 4.90 Å². The third-order valence-corrected chi connectivity index (χ3v) is 3.64. The topological polar surface area (TPSA) is 24.5 Å². The van der Waals surface area contributed by atoms with E-state index in [-0.39, 0.29) is 12.4 Å². The second-order valence-corrected chi connectivity index (χ2v) is 5.51. The van der Waals surface area contributed by atoms with Crippen molar-refractivity contribution in [2.75, 3.05) is 26.7 Å². The molecule has 1 N–H and O–H groups in total. The highest BCUT2D eigenvalue weighted by atomic mass is 35.5. The van der Waals surface area contributed by atoms with Gasteiger partial charge in [-0.05, 0) is 19.1 Å². The van der Waals surface area contributed by atoms with Gasteiger partial charge in [0, 0.05) is 42.8 Å². The minimum absolute atomic E-state index is 0. The van der Waals surface area contributed by atoms with Gasteiger partial charge in [-0.25, -0.2) is 0 Å². The number of rotatable bonds is 3. The van der Waals surface area contributed by atoms with Crippen molar-refractivity contribution in [3.63, 3.8) is 0 Å². The van der Waals surface area contributed by atoms with Crippen molar-refractivity contribution in [2.24, 2.45) is 0 Å². The van der Waals surface area contributed by atoms with Crippen molar-refractivity contribution in [3.8, 4) is 5.75 Å². The van der Waals surface area contributed by atoms with Crippen LogP contribution in [0.3, 0.4) is 0 Å². The molecule has 1 aliphatic heterocycles. The Morgan fingerprint density at radius 2 is 2.16 bits per heavy atom. The van der Waals surface area contributed by atoms with E-state index in [0.717, 1.165) is 37.5 Å². The number of nitrogens with one attached hydrogen (secondary N) is 1. The molecule has 0 aliphatic carbocycles. The number of hydrogen-bond acceptors (Lipinski definition) is 3. The van der Waals surface area contributed by atoms with Crippen LogP contribution in [0.25, 0.3) is 0 Å². The van der Waals surface area contributed by atoms with Crippen molar-refractivity contribution in [3.05, 3.63) is 27.7 Å². The first-order chi connectivity index (χ1) is 8.60. The Morgan fingerprint density at radius 3 is 2.79 bits per heavy atom. The van der Waals surface area contributed by atoms with Crippen molar-refractivity contribution >= 4 is 35.6 Å². The lowest BCUT2D eigenvalue weighted by atomic mass is 10.1. The maximum atomic E-state index is 6.14. The first-order valence-corrected chi connectivity index (χ1v) is 6.83. The number of halogens is 3. The lowest BCUT2D eigenvalue weighted by Gasteiger charge is -2.32. The van der Waals surface area contributed by atoms with Crippen LogP contribution >= 0.6 is 35.6 Å². The zero-order valence-electron chi connectivity index (χ0n) is 11.1. The molecule has 1 fully saturated rings. The predicted octanol–water partition coefficient (Wildman–Crippen LogP) is 3.22. The smallest absolute Gasteiger partial charge is 0.142 e. The van der Waals surface area contributed by atoms with Gasteiger partial charge in [0.2, 0.25) is 0 Å². The minimum Gasteiger partial charge on any atom is -0.495 e. The molecule has 0 radical (unpaired) electrons. The molecule has 2 rings (SSSR count). The third-order valence-electron chi connectivity index (χ3n) is 3.14. The fourth-order valence-electron chi connectivity index (χ4n) is 2.36. The molecule has 108 valence electrons. The summed E-state index contributed by atoms with van der Waals surface area (Å²) in [6.45, 7) is 6.06. The second kappa shape index (κ2) is 7.55. The van der Waals surface area contributed by atoms with Gasteiger partial charge in [0.15, 0.2) is 0 Å². The Hall–Kier alpha value is -0.190. The van der Waals surface area contributed by atoms with Crippen LogP contribution < -0.4 is 10.1 Å². The molecular formula is C13H19Cl3N2O.